The molecule has 0 fully saturated rings. The van der Waals surface area contributed by atoms with Crippen molar-refractivity contribution < 1.29 is 9.90 Å². The fourth-order valence-electron chi connectivity index (χ4n) is 1.14. The minimum absolute atomic E-state index is 0.0959. The maximum Gasteiger partial charge on any atom is 0.314 e. The second-order valence-corrected chi connectivity index (χ2v) is 4.69. The lowest BCUT2D eigenvalue weighted by Crippen LogP contribution is -2.37. The Morgan fingerprint density at radius 1 is 1.50 bits per heavy atom. The molecule has 1 aromatic rings. The van der Waals surface area contributed by atoms with E-state index in [0.29, 0.717) is 19.5 Å². The van der Waals surface area contributed by atoms with E-state index in [4.69, 9.17) is 5.11 Å². The number of urea groups is 1. The van der Waals surface area contributed by atoms with E-state index >= 15 is 0 Å². The second-order valence-electron chi connectivity index (χ2n) is 3.37. The van der Waals surface area contributed by atoms with E-state index in [1.54, 1.807) is 11.3 Å². The number of aliphatic hydroxyl groups excluding tert-OH is 1. The molecule has 1 heterocycles. The Bertz CT molecular complexity index is 328. The van der Waals surface area contributed by atoms with Crippen LogP contribution in [0.3, 0.4) is 0 Å². The Morgan fingerprint density at radius 3 is 2.88 bits per heavy atom. The number of nitrogens with one attached hydrogen (secondary N) is 2. The zero-order valence-electron chi connectivity index (χ0n) is 9.32. The first-order valence-electron chi connectivity index (χ1n) is 5.26. The molecule has 0 aliphatic carbocycles. The number of nitrogens with zero attached hydrogens (tertiary/aromatic N) is 1. The van der Waals surface area contributed by atoms with Crippen LogP contribution in [-0.4, -0.2) is 35.8 Å². The molecule has 0 radical (unpaired) electrons. The van der Waals surface area contributed by atoms with Crippen LogP contribution in [0.1, 0.15) is 16.3 Å². The fourth-order valence-corrected chi connectivity index (χ4v) is 1.93. The smallest absolute Gasteiger partial charge is 0.314 e. The van der Waals surface area contributed by atoms with Crippen LogP contribution in [0.4, 0.5) is 4.79 Å². The van der Waals surface area contributed by atoms with Gasteiger partial charge in [0, 0.05) is 37.2 Å². The monoisotopic (exact) mass is 243 g/mol. The summed E-state index contributed by atoms with van der Waals surface area (Å²) in [7, 11) is 0. The van der Waals surface area contributed by atoms with Crippen molar-refractivity contribution in [2.45, 2.75) is 19.8 Å². The van der Waals surface area contributed by atoms with Crippen LogP contribution in [0, 0.1) is 6.92 Å². The number of carbonyl (C=O) groups is 1. The van der Waals surface area contributed by atoms with Crippen molar-refractivity contribution >= 4 is 17.4 Å². The zero-order chi connectivity index (χ0) is 11.8. The van der Waals surface area contributed by atoms with Gasteiger partial charge < -0.3 is 15.7 Å². The van der Waals surface area contributed by atoms with E-state index in [0.717, 1.165) is 11.4 Å². The van der Waals surface area contributed by atoms with Crippen molar-refractivity contribution in [3.05, 3.63) is 16.1 Å². The molecule has 1 rings (SSSR count). The van der Waals surface area contributed by atoms with Crippen molar-refractivity contribution in [3.63, 3.8) is 0 Å². The van der Waals surface area contributed by atoms with E-state index < -0.39 is 0 Å². The number of aromatic nitrogens is 1. The summed E-state index contributed by atoms with van der Waals surface area (Å²) in [5.41, 5.74) is 0. The van der Waals surface area contributed by atoms with Crippen molar-refractivity contribution in [1.29, 1.82) is 0 Å². The number of rotatable bonds is 6. The van der Waals surface area contributed by atoms with Gasteiger partial charge in [0.1, 0.15) is 0 Å². The summed E-state index contributed by atoms with van der Waals surface area (Å²) in [5.74, 6) is 0. The second kappa shape index (κ2) is 7.19. The molecule has 0 atom stereocenters. The predicted molar refractivity (Wildman–Crippen MR) is 63.7 cm³/mol. The van der Waals surface area contributed by atoms with Gasteiger partial charge in [0.15, 0.2) is 0 Å². The van der Waals surface area contributed by atoms with Gasteiger partial charge in [-0.1, -0.05) is 0 Å². The average molecular weight is 243 g/mol. The molecule has 0 aromatic carbocycles. The van der Waals surface area contributed by atoms with Crippen molar-refractivity contribution in [2.24, 2.45) is 0 Å². The molecule has 0 spiro atoms. The van der Waals surface area contributed by atoms with Crippen LogP contribution in [0.5, 0.6) is 0 Å². The van der Waals surface area contributed by atoms with E-state index in [9.17, 15) is 4.79 Å². The molecule has 5 nitrogen and oxygen atoms in total. The molecule has 0 bridgehead atoms. The van der Waals surface area contributed by atoms with Gasteiger partial charge >= 0.3 is 6.03 Å². The largest absolute Gasteiger partial charge is 0.396 e. The molecular weight excluding hydrogens is 226 g/mol. The van der Waals surface area contributed by atoms with E-state index in [1.165, 1.54) is 4.88 Å². The number of thiazole rings is 1. The van der Waals surface area contributed by atoms with Gasteiger partial charge in [0.25, 0.3) is 0 Å². The van der Waals surface area contributed by atoms with E-state index in [2.05, 4.69) is 15.6 Å². The molecule has 90 valence electrons. The average Bonchev–Trinajstić information content (AvgIpc) is 2.65. The van der Waals surface area contributed by atoms with Crippen molar-refractivity contribution in [2.75, 3.05) is 19.7 Å². The lowest BCUT2D eigenvalue weighted by atomic mass is 10.4. The maximum atomic E-state index is 11.2. The maximum absolute atomic E-state index is 11.2. The van der Waals surface area contributed by atoms with Crippen LogP contribution >= 0.6 is 11.3 Å². The molecule has 0 saturated heterocycles. The number of carbonyl (C=O) groups excluding carboxylic acids is 1. The highest BCUT2D eigenvalue weighted by Gasteiger charge is 2.01. The molecule has 0 aliphatic heterocycles. The Morgan fingerprint density at radius 2 is 2.25 bits per heavy atom. The van der Waals surface area contributed by atoms with Crippen LogP contribution < -0.4 is 10.6 Å². The molecule has 3 N–H and O–H groups in total. The summed E-state index contributed by atoms with van der Waals surface area (Å²) >= 11 is 1.65. The number of amides is 2. The molecule has 1 aromatic heterocycles. The van der Waals surface area contributed by atoms with Gasteiger partial charge in [-0.25, -0.2) is 9.78 Å². The number of hydrogen-bond acceptors (Lipinski definition) is 4. The first kappa shape index (κ1) is 12.9. The number of aryl methyl sites for hydroxylation is 1. The summed E-state index contributed by atoms with van der Waals surface area (Å²) < 4.78 is 0. The summed E-state index contributed by atoms with van der Waals surface area (Å²) in [6, 6.07) is -0.193. The summed E-state index contributed by atoms with van der Waals surface area (Å²) in [6.07, 6.45) is 3.17. The van der Waals surface area contributed by atoms with Gasteiger partial charge in [0.05, 0.1) is 5.01 Å². The SMILES string of the molecule is Cc1cnc(CCNC(=O)NCCCO)s1. The fraction of sp³-hybridized carbons (Fsp3) is 0.600. The quantitative estimate of drug-likeness (QED) is 0.643. The number of aliphatic hydroxyl groups is 1. The highest BCUT2D eigenvalue weighted by atomic mass is 32.1. The highest BCUT2D eigenvalue weighted by Crippen LogP contribution is 2.10. The van der Waals surface area contributed by atoms with Gasteiger partial charge in [-0.05, 0) is 13.3 Å². The third-order valence-electron chi connectivity index (χ3n) is 1.91. The molecule has 16 heavy (non-hydrogen) atoms. The number of hydrogen-bond donors (Lipinski definition) is 3. The zero-order valence-corrected chi connectivity index (χ0v) is 10.1. The van der Waals surface area contributed by atoms with Gasteiger partial charge in [-0.15, -0.1) is 11.3 Å². The minimum atomic E-state index is -0.193. The molecular formula is C10H17N3O2S. The first-order chi connectivity index (χ1) is 7.72. The molecule has 0 aliphatic rings. The van der Waals surface area contributed by atoms with Crippen LogP contribution in [0.25, 0.3) is 0 Å². The summed E-state index contributed by atoms with van der Waals surface area (Å²) in [4.78, 5) is 16.6. The van der Waals surface area contributed by atoms with Crippen molar-refractivity contribution in [1.82, 2.24) is 15.6 Å². The molecule has 0 unspecified atom stereocenters. The topological polar surface area (TPSA) is 74.2 Å². The van der Waals surface area contributed by atoms with Gasteiger partial charge in [-0.2, -0.15) is 0 Å². The van der Waals surface area contributed by atoms with Crippen LogP contribution in [0.15, 0.2) is 6.20 Å². The van der Waals surface area contributed by atoms with E-state index in [1.807, 2.05) is 13.1 Å². The normalized spacial score (nSPS) is 10.1. The molecule has 6 heteroatoms. The minimum Gasteiger partial charge on any atom is -0.396 e. The summed E-state index contributed by atoms with van der Waals surface area (Å²) in [6.45, 7) is 3.19. The molecule has 2 amide bonds. The molecule has 0 saturated carbocycles. The summed E-state index contributed by atoms with van der Waals surface area (Å²) in [5, 5.41) is 14.9. The van der Waals surface area contributed by atoms with Gasteiger partial charge in [0.2, 0.25) is 0 Å². The Balaban J connectivity index is 2.08. The van der Waals surface area contributed by atoms with E-state index in [-0.39, 0.29) is 12.6 Å². The Labute approximate surface area is 98.9 Å². The van der Waals surface area contributed by atoms with Crippen LogP contribution in [-0.2, 0) is 6.42 Å². The predicted octanol–water partition coefficient (Wildman–Crippen LogP) is 0.676. The lowest BCUT2D eigenvalue weighted by molar-refractivity contribution is 0.238. The van der Waals surface area contributed by atoms with Crippen LogP contribution in [0.2, 0.25) is 0 Å². The standard InChI is InChI=1S/C10H17N3O2S/c1-8-7-13-9(16-8)3-5-12-10(15)11-4-2-6-14/h7,14H,2-6H2,1H3,(H2,11,12,15). The third-order valence-corrected chi connectivity index (χ3v) is 2.89. The first-order valence-corrected chi connectivity index (χ1v) is 6.08. The highest BCUT2D eigenvalue weighted by molar-refractivity contribution is 7.11. The lowest BCUT2D eigenvalue weighted by Gasteiger charge is -2.05. The third kappa shape index (κ3) is 5.09. The Hall–Kier alpha value is -1.14. The van der Waals surface area contributed by atoms with Crippen molar-refractivity contribution in [3.8, 4) is 0 Å². The Kier molecular flexibility index (Phi) is 5.81. The van der Waals surface area contributed by atoms with Gasteiger partial charge in [-0.3, -0.25) is 0 Å².